The number of halogens is 1. The van der Waals surface area contributed by atoms with Crippen molar-refractivity contribution in [1.82, 2.24) is 9.88 Å². The molecule has 3 aromatic rings. The summed E-state index contributed by atoms with van der Waals surface area (Å²) in [5.74, 6) is -0.0813. The number of aryl methyl sites for hydroxylation is 1. The molecule has 2 unspecified atom stereocenters. The molecule has 0 amide bonds. The van der Waals surface area contributed by atoms with Crippen molar-refractivity contribution >= 4 is 5.97 Å². The third-order valence-corrected chi connectivity index (χ3v) is 8.95. The van der Waals surface area contributed by atoms with Crippen LogP contribution in [-0.4, -0.2) is 52.4 Å². The molecule has 4 atom stereocenters. The second kappa shape index (κ2) is 11.4. The van der Waals surface area contributed by atoms with Crippen LogP contribution in [0, 0.1) is 17.7 Å². The smallest absolute Gasteiger partial charge is 0.306 e. The standard InChI is InChI=1S/C33H37FN2O5/c1-19(33(38)39)32(21-4-5-21)23-6-3-20-8-10-29(41-30(20)14-23)22-7-9-26(27-15-31(40-2)35-16-28(27)34)24(13-22)17-36-12-11-25(37)18-36/h3,6-7,9,13-16,19,21,25,29,32,37H,4-5,8,10-12,17-18H2,1-2H3,(H,38,39)/t19-,25-,29?,32?/m0/s1. The first-order chi connectivity index (χ1) is 19.8. The summed E-state index contributed by atoms with van der Waals surface area (Å²) in [5, 5.41) is 19.8. The number of aliphatic hydroxyl groups excluding tert-OH is 1. The second-order valence-electron chi connectivity index (χ2n) is 11.8. The van der Waals surface area contributed by atoms with Gasteiger partial charge in [-0.15, -0.1) is 0 Å². The van der Waals surface area contributed by atoms with Crippen molar-refractivity contribution in [3.05, 3.63) is 76.7 Å². The first-order valence-corrected chi connectivity index (χ1v) is 14.6. The van der Waals surface area contributed by atoms with Gasteiger partial charge in [0.15, 0.2) is 0 Å². The van der Waals surface area contributed by atoms with Gasteiger partial charge in [-0.1, -0.05) is 37.3 Å². The van der Waals surface area contributed by atoms with Gasteiger partial charge in [-0.05, 0) is 77.8 Å². The van der Waals surface area contributed by atoms with Crippen molar-refractivity contribution in [1.29, 1.82) is 0 Å². The number of benzene rings is 2. The molecule has 41 heavy (non-hydrogen) atoms. The number of carbonyl (C=O) groups is 1. The normalized spacial score (nSPS) is 22.0. The molecule has 0 radical (unpaired) electrons. The maximum atomic E-state index is 15.0. The highest BCUT2D eigenvalue weighted by molar-refractivity contribution is 5.71. The number of rotatable bonds is 9. The highest BCUT2D eigenvalue weighted by atomic mass is 19.1. The third kappa shape index (κ3) is 5.81. The average molecular weight is 561 g/mol. The number of nitrogens with zero attached hydrogens (tertiary/aromatic N) is 2. The molecular weight excluding hydrogens is 523 g/mol. The van der Waals surface area contributed by atoms with Crippen molar-refractivity contribution in [2.45, 2.75) is 63.7 Å². The van der Waals surface area contributed by atoms with Crippen molar-refractivity contribution in [3.63, 3.8) is 0 Å². The molecule has 1 saturated carbocycles. The molecule has 216 valence electrons. The number of carboxylic acids is 1. The van der Waals surface area contributed by atoms with E-state index in [4.69, 9.17) is 9.47 Å². The van der Waals surface area contributed by atoms with E-state index < -0.39 is 17.7 Å². The van der Waals surface area contributed by atoms with E-state index in [-0.39, 0.29) is 18.1 Å². The number of hydrogen-bond donors (Lipinski definition) is 2. The van der Waals surface area contributed by atoms with E-state index in [0.717, 1.165) is 72.2 Å². The predicted octanol–water partition coefficient (Wildman–Crippen LogP) is 5.74. The Morgan fingerprint density at radius 2 is 1.98 bits per heavy atom. The number of carboxylic acid groups (broad SMARTS) is 1. The Morgan fingerprint density at radius 3 is 2.68 bits per heavy atom. The SMILES string of the molecule is COc1cc(-c2ccc(C3CCc4ccc(C(C5CC5)[C@H](C)C(=O)O)cc4O3)cc2CN2CC[C@H](O)C2)c(F)cn1. The fourth-order valence-corrected chi connectivity index (χ4v) is 6.55. The van der Waals surface area contributed by atoms with Gasteiger partial charge in [-0.3, -0.25) is 9.69 Å². The van der Waals surface area contributed by atoms with Gasteiger partial charge in [0, 0.05) is 31.3 Å². The van der Waals surface area contributed by atoms with E-state index in [1.165, 1.54) is 13.3 Å². The van der Waals surface area contributed by atoms with E-state index in [2.05, 4.69) is 34.1 Å². The van der Waals surface area contributed by atoms with Crippen LogP contribution in [0.25, 0.3) is 11.1 Å². The summed E-state index contributed by atoms with van der Waals surface area (Å²) >= 11 is 0. The maximum Gasteiger partial charge on any atom is 0.306 e. The van der Waals surface area contributed by atoms with Crippen molar-refractivity contribution in [2.24, 2.45) is 11.8 Å². The predicted molar refractivity (Wildman–Crippen MR) is 152 cm³/mol. The quantitative estimate of drug-likeness (QED) is 0.345. The molecule has 3 heterocycles. The lowest BCUT2D eigenvalue weighted by molar-refractivity contribution is -0.142. The van der Waals surface area contributed by atoms with Crippen LogP contribution in [0.15, 0.2) is 48.7 Å². The van der Waals surface area contributed by atoms with E-state index >= 15 is 4.39 Å². The van der Waals surface area contributed by atoms with Gasteiger partial charge in [-0.25, -0.2) is 9.37 Å². The van der Waals surface area contributed by atoms with Gasteiger partial charge in [0.05, 0.1) is 25.3 Å². The van der Waals surface area contributed by atoms with Crippen LogP contribution in [0.3, 0.4) is 0 Å². The first kappa shape index (κ1) is 27.7. The topological polar surface area (TPSA) is 92.1 Å². The van der Waals surface area contributed by atoms with Crippen LogP contribution in [0.2, 0.25) is 0 Å². The molecule has 3 aliphatic rings. The summed E-state index contributed by atoms with van der Waals surface area (Å²) in [5.41, 5.74) is 5.33. The second-order valence-corrected chi connectivity index (χ2v) is 11.8. The molecule has 0 bridgehead atoms. The number of β-amino-alcohol motifs (C(OH)–C–C–N with tert-alkyl or cyclic N) is 1. The van der Waals surface area contributed by atoms with E-state index in [1.807, 2.05) is 12.1 Å². The average Bonchev–Trinajstić information content (AvgIpc) is 3.73. The van der Waals surface area contributed by atoms with Crippen LogP contribution in [0.1, 0.15) is 66.9 Å². The molecule has 7 nitrogen and oxygen atoms in total. The number of aliphatic carboxylic acids is 1. The Kier molecular flexibility index (Phi) is 7.70. The van der Waals surface area contributed by atoms with Crippen LogP contribution < -0.4 is 9.47 Å². The minimum atomic E-state index is -0.764. The first-order valence-electron chi connectivity index (χ1n) is 14.6. The number of hydrogen-bond acceptors (Lipinski definition) is 6. The number of likely N-dealkylation sites (tertiary alicyclic amines) is 1. The molecule has 2 aliphatic heterocycles. The summed E-state index contributed by atoms with van der Waals surface area (Å²) in [7, 11) is 1.51. The van der Waals surface area contributed by atoms with Gasteiger partial charge in [0.2, 0.25) is 5.88 Å². The largest absolute Gasteiger partial charge is 0.485 e. The monoisotopic (exact) mass is 560 g/mol. The fraction of sp³-hybridized carbons (Fsp3) is 0.455. The minimum Gasteiger partial charge on any atom is -0.485 e. The molecule has 2 fully saturated rings. The van der Waals surface area contributed by atoms with Crippen LogP contribution in [-0.2, 0) is 17.8 Å². The molecule has 2 N–H and O–H groups in total. The summed E-state index contributed by atoms with van der Waals surface area (Å²) in [6.45, 7) is 3.74. The Bertz CT molecular complexity index is 1440. The highest BCUT2D eigenvalue weighted by Crippen LogP contribution is 2.48. The van der Waals surface area contributed by atoms with Gasteiger partial charge < -0.3 is 19.7 Å². The lowest BCUT2D eigenvalue weighted by atomic mass is 9.82. The number of fused-ring (bicyclic) bond motifs is 1. The molecule has 2 aromatic carbocycles. The molecule has 6 rings (SSSR count). The van der Waals surface area contributed by atoms with E-state index in [0.29, 0.717) is 30.5 Å². The van der Waals surface area contributed by atoms with Crippen LogP contribution in [0.5, 0.6) is 11.6 Å². The molecule has 8 heteroatoms. The minimum absolute atomic E-state index is 0.0178. The fourth-order valence-electron chi connectivity index (χ4n) is 6.55. The number of methoxy groups -OCH3 is 1. The summed E-state index contributed by atoms with van der Waals surface area (Å²) < 4.78 is 26.9. The Balaban J connectivity index is 1.31. The molecule has 1 saturated heterocycles. The number of aromatic nitrogens is 1. The van der Waals surface area contributed by atoms with E-state index in [9.17, 15) is 15.0 Å². The van der Waals surface area contributed by atoms with Gasteiger partial charge in [0.25, 0.3) is 0 Å². The maximum absolute atomic E-state index is 15.0. The Morgan fingerprint density at radius 1 is 1.15 bits per heavy atom. The lowest BCUT2D eigenvalue weighted by Gasteiger charge is -2.29. The van der Waals surface area contributed by atoms with Crippen molar-refractivity contribution < 1.29 is 28.9 Å². The Hall–Kier alpha value is -3.49. The van der Waals surface area contributed by atoms with Crippen LogP contribution >= 0.6 is 0 Å². The molecule has 1 aliphatic carbocycles. The zero-order valence-corrected chi connectivity index (χ0v) is 23.6. The molecule has 1 aromatic heterocycles. The summed E-state index contributed by atoms with van der Waals surface area (Å²) in [6, 6.07) is 13.9. The van der Waals surface area contributed by atoms with Gasteiger partial charge >= 0.3 is 5.97 Å². The highest BCUT2D eigenvalue weighted by Gasteiger charge is 2.39. The van der Waals surface area contributed by atoms with Gasteiger partial charge in [-0.2, -0.15) is 0 Å². The van der Waals surface area contributed by atoms with Crippen LogP contribution in [0.4, 0.5) is 4.39 Å². The Labute approximate surface area is 239 Å². The number of pyridine rings is 1. The van der Waals surface area contributed by atoms with Gasteiger partial charge in [0.1, 0.15) is 17.7 Å². The number of ether oxygens (including phenoxy) is 2. The van der Waals surface area contributed by atoms with Crippen molar-refractivity contribution in [2.75, 3.05) is 20.2 Å². The summed E-state index contributed by atoms with van der Waals surface area (Å²) in [4.78, 5) is 18.0. The lowest BCUT2D eigenvalue weighted by Crippen LogP contribution is -2.23. The number of aliphatic hydroxyl groups is 1. The van der Waals surface area contributed by atoms with E-state index in [1.54, 1.807) is 13.0 Å². The zero-order valence-electron chi connectivity index (χ0n) is 23.6. The summed E-state index contributed by atoms with van der Waals surface area (Å²) in [6.07, 6.45) is 5.17. The molecular formula is C33H37FN2O5. The third-order valence-electron chi connectivity index (χ3n) is 8.95. The molecule has 0 spiro atoms. The van der Waals surface area contributed by atoms with Crippen molar-refractivity contribution in [3.8, 4) is 22.8 Å². The zero-order chi connectivity index (χ0) is 28.7.